The normalized spacial score (nSPS) is 13.7. The fourth-order valence-electron chi connectivity index (χ4n) is 3.47. The summed E-state index contributed by atoms with van der Waals surface area (Å²) >= 11 is 0. The van der Waals surface area contributed by atoms with Crippen molar-refractivity contribution in [3.8, 4) is 0 Å². The summed E-state index contributed by atoms with van der Waals surface area (Å²) in [5.41, 5.74) is 6.24. The molecule has 0 spiro atoms. The minimum absolute atomic E-state index is 0.0182. The molecule has 1 amide bonds. The first-order valence-corrected chi connectivity index (χ1v) is 12.6. The number of nitrogens with one attached hydrogen (secondary N) is 3. The lowest BCUT2D eigenvalue weighted by Gasteiger charge is -2.25. The summed E-state index contributed by atoms with van der Waals surface area (Å²) < 4.78 is 5.00. The maximum Gasteiger partial charge on any atom is 0.242 e. The van der Waals surface area contributed by atoms with Crippen LogP contribution in [0.1, 0.15) is 78.7 Å². The van der Waals surface area contributed by atoms with E-state index in [9.17, 15) is 9.59 Å². The molecule has 5 N–H and O–H groups in total. The summed E-state index contributed by atoms with van der Waals surface area (Å²) in [6.45, 7) is 17.9. The van der Waals surface area contributed by atoms with Gasteiger partial charge in [-0.1, -0.05) is 63.6 Å². The number of ketones is 1. The maximum atomic E-state index is 12.3. The average molecular weight is 489 g/mol. The van der Waals surface area contributed by atoms with Crippen LogP contribution in [0.25, 0.3) is 0 Å². The first kappa shape index (κ1) is 32.0. The van der Waals surface area contributed by atoms with E-state index < -0.39 is 0 Å². The molecule has 1 rings (SSSR count). The van der Waals surface area contributed by atoms with Gasteiger partial charge >= 0.3 is 0 Å². The standard InChI is InChI=1S/C16H32N4O2.C12H16O/c1-6-7-10-15(20-14(4)22-5)16(21)19-12(2)9-8-11-18-13(3)17;1-4-12(3,10(2)13)11-8-6-5-7-9-11/h12,15,18,20H,3-4,6-11,17H2,1-2,5H3,(H,19,21);5-9H,4H2,1-3H3/t12-,15-;12-/m01/s1. The summed E-state index contributed by atoms with van der Waals surface area (Å²) in [7, 11) is 1.53. The highest BCUT2D eigenvalue weighted by atomic mass is 16.5. The molecule has 0 aliphatic rings. The molecule has 7 heteroatoms. The Labute approximate surface area is 213 Å². The van der Waals surface area contributed by atoms with Crippen molar-refractivity contribution in [2.75, 3.05) is 13.7 Å². The third-order valence-electron chi connectivity index (χ3n) is 6.19. The molecular weight excluding hydrogens is 440 g/mol. The largest absolute Gasteiger partial charge is 0.483 e. The van der Waals surface area contributed by atoms with Crippen LogP contribution < -0.4 is 21.7 Å². The Morgan fingerprint density at radius 1 is 1.09 bits per heavy atom. The van der Waals surface area contributed by atoms with E-state index in [0.29, 0.717) is 11.7 Å². The van der Waals surface area contributed by atoms with Crippen LogP contribution in [0.4, 0.5) is 0 Å². The lowest BCUT2D eigenvalue weighted by atomic mass is 9.77. The summed E-state index contributed by atoms with van der Waals surface area (Å²) in [6, 6.07) is 9.76. The monoisotopic (exact) mass is 488 g/mol. The van der Waals surface area contributed by atoms with Gasteiger partial charge in [0.15, 0.2) is 5.88 Å². The smallest absolute Gasteiger partial charge is 0.242 e. The van der Waals surface area contributed by atoms with Gasteiger partial charge in [-0.15, -0.1) is 0 Å². The molecule has 1 aromatic rings. The quantitative estimate of drug-likeness (QED) is 0.202. The topological polar surface area (TPSA) is 105 Å². The Morgan fingerprint density at radius 2 is 1.71 bits per heavy atom. The zero-order valence-electron chi connectivity index (χ0n) is 22.7. The van der Waals surface area contributed by atoms with E-state index in [1.807, 2.05) is 44.2 Å². The Morgan fingerprint density at radius 3 is 2.20 bits per heavy atom. The molecule has 1 aromatic carbocycles. The molecule has 0 radical (unpaired) electrons. The Bertz CT molecular complexity index is 782. The molecule has 0 heterocycles. The van der Waals surface area contributed by atoms with Gasteiger partial charge in [-0.3, -0.25) is 9.59 Å². The summed E-state index contributed by atoms with van der Waals surface area (Å²) in [5, 5.41) is 9.02. The second kappa shape index (κ2) is 17.5. The number of methoxy groups -OCH3 is 1. The molecular formula is C28H48N4O3. The van der Waals surface area contributed by atoms with Crippen LogP contribution in [0.3, 0.4) is 0 Å². The Kier molecular flexibility index (Phi) is 16.0. The number of carbonyl (C=O) groups is 2. The number of hydrogen-bond donors (Lipinski definition) is 4. The second-order valence-corrected chi connectivity index (χ2v) is 9.08. The molecule has 0 bridgehead atoms. The van der Waals surface area contributed by atoms with E-state index in [0.717, 1.165) is 50.6 Å². The first-order chi connectivity index (χ1) is 16.5. The number of rotatable bonds is 16. The van der Waals surface area contributed by atoms with Crippen molar-refractivity contribution in [3.05, 3.63) is 60.8 Å². The van der Waals surface area contributed by atoms with Crippen LogP contribution in [0.5, 0.6) is 0 Å². The Balaban J connectivity index is 0.000000750. The molecule has 198 valence electrons. The number of amides is 1. The number of Topliss-reactive ketones (excluding diaryl/α,β-unsaturated/α-hetero) is 1. The SMILES string of the molecule is C=C(N)NCCC[C@H](C)NC(=O)[C@H](CCCC)NC(=C)OC.CC[C@](C)(C(C)=O)c1ccccc1. The van der Waals surface area contributed by atoms with Crippen LogP contribution in [-0.2, 0) is 19.7 Å². The molecule has 7 nitrogen and oxygen atoms in total. The van der Waals surface area contributed by atoms with Gasteiger partial charge in [0.25, 0.3) is 0 Å². The van der Waals surface area contributed by atoms with Crippen molar-refractivity contribution in [2.45, 2.75) is 90.6 Å². The number of benzene rings is 1. The lowest BCUT2D eigenvalue weighted by molar-refractivity contribution is -0.124. The van der Waals surface area contributed by atoms with Gasteiger partial charge in [0.2, 0.25) is 5.91 Å². The minimum atomic E-state index is -0.309. The first-order valence-electron chi connectivity index (χ1n) is 12.6. The van der Waals surface area contributed by atoms with Gasteiger partial charge in [-0.25, -0.2) is 0 Å². The van der Waals surface area contributed by atoms with Crippen LogP contribution in [0.15, 0.2) is 55.2 Å². The molecule has 0 saturated carbocycles. The van der Waals surface area contributed by atoms with Gasteiger partial charge in [-0.2, -0.15) is 0 Å². The van der Waals surface area contributed by atoms with Gasteiger partial charge in [0.05, 0.1) is 18.3 Å². The van der Waals surface area contributed by atoms with Gasteiger partial charge in [0.1, 0.15) is 11.8 Å². The van der Waals surface area contributed by atoms with Crippen LogP contribution in [0, 0.1) is 0 Å². The highest BCUT2D eigenvalue weighted by Crippen LogP contribution is 2.27. The van der Waals surface area contributed by atoms with Gasteiger partial charge in [-0.05, 0) is 58.6 Å². The van der Waals surface area contributed by atoms with Gasteiger partial charge in [0, 0.05) is 12.6 Å². The second-order valence-electron chi connectivity index (χ2n) is 9.08. The number of hydrogen-bond acceptors (Lipinski definition) is 6. The van der Waals surface area contributed by atoms with E-state index in [1.165, 1.54) is 7.11 Å². The lowest BCUT2D eigenvalue weighted by Crippen LogP contribution is -2.47. The summed E-state index contributed by atoms with van der Waals surface area (Å²) in [6.07, 6.45) is 5.40. The third-order valence-corrected chi connectivity index (χ3v) is 6.19. The molecule has 0 aliphatic heterocycles. The minimum Gasteiger partial charge on any atom is -0.483 e. The third kappa shape index (κ3) is 12.9. The van der Waals surface area contributed by atoms with Crippen LogP contribution >= 0.6 is 0 Å². The van der Waals surface area contributed by atoms with Crippen molar-refractivity contribution in [1.82, 2.24) is 16.0 Å². The molecule has 3 atom stereocenters. The molecule has 0 aromatic heterocycles. The Hall–Kier alpha value is -2.96. The fraction of sp³-hybridized carbons (Fsp3) is 0.571. The zero-order chi connectivity index (χ0) is 26.9. The fourth-order valence-corrected chi connectivity index (χ4v) is 3.47. The number of carbonyl (C=O) groups excluding carboxylic acids is 2. The van der Waals surface area contributed by atoms with Crippen molar-refractivity contribution < 1.29 is 14.3 Å². The number of nitrogens with two attached hydrogens (primary N) is 1. The highest BCUT2D eigenvalue weighted by molar-refractivity contribution is 5.87. The average Bonchev–Trinajstić information content (AvgIpc) is 2.84. The van der Waals surface area contributed by atoms with Crippen molar-refractivity contribution in [1.29, 1.82) is 0 Å². The molecule has 0 saturated heterocycles. The molecule has 0 fully saturated rings. The molecule has 0 aliphatic carbocycles. The van der Waals surface area contributed by atoms with Crippen LogP contribution in [-0.4, -0.2) is 37.4 Å². The summed E-state index contributed by atoms with van der Waals surface area (Å²) in [5.74, 6) is 1.10. The van der Waals surface area contributed by atoms with Crippen molar-refractivity contribution in [2.24, 2.45) is 5.73 Å². The van der Waals surface area contributed by atoms with E-state index >= 15 is 0 Å². The number of ether oxygens (including phenoxy) is 1. The molecule has 35 heavy (non-hydrogen) atoms. The van der Waals surface area contributed by atoms with E-state index in [-0.39, 0.29) is 29.2 Å². The van der Waals surface area contributed by atoms with E-state index in [1.54, 1.807) is 6.92 Å². The van der Waals surface area contributed by atoms with Crippen LogP contribution in [0.2, 0.25) is 0 Å². The van der Waals surface area contributed by atoms with E-state index in [4.69, 9.17) is 10.5 Å². The zero-order valence-corrected chi connectivity index (χ0v) is 22.7. The number of unbranched alkanes of at least 4 members (excludes halogenated alkanes) is 1. The van der Waals surface area contributed by atoms with E-state index in [2.05, 4.69) is 43.0 Å². The summed E-state index contributed by atoms with van der Waals surface area (Å²) in [4.78, 5) is 23.8. The van der Waals surface area contributed by atoms with Gasteiger partial charge < -0.3 is 26.4 Å². The highest BCUT2D eigenvalue weighted by Gasteiger charge is 2.29. The van der Waals surface area contributed by atoms with Crippen molar-refractivity contribution in [3.63, 3.8) is 0 Å². The predicted molar refractivity (Wildman–Crippen MR) is 146 cm³/mol. The predicted octanol–water partition coefficient (Wildman–Crippen LogP) is 4.50. The molecule has 0 unspecified atom stereocenters. The maximum absolute atomic E-state index is 12.3. The van der Waals surface area contributed by atoms with Crippen molar-refractivity contribution >= 4 is 11.7 Å².